The van der Waals surface area contributed by atoms with Crippen molar-refractivity contribution in [2.45, 2.75) is 6.92 Å². The maximum absolute atomic E-state index is 8.21. The Balaban J connectivity index is 3.98. The molecule has 0 unspecified atom stereocenters. The van der Waals surface area contributed by atoms with Crippen molar-refractivity contribution in [1.82, 2.24) is 0 Å². The Hall–Kier alpha value is -0.820. The zero-order valence-electron chi connectivity index (χ0n) is 5.22. The third-order valence-corrected chi connectivity index (χ3v) is 1.51. The summed E-state index contributed by atoms with van der Waals surface area (Å²) in [6.45, 7) is 1.95. The van der Waals surface area contributed by atoms with Crippen LogP contribution in [0.5, 0.6) is 0 Å². The van der Waals surface area contributed by atoms with Gasteiger partial charge in [-0.15, -0.1) is 11.8 Å². The third kappa shape index (κ3) is 2.88. The van der Waals surface area contributed by atoms with E-state index in [2.05, 4.69) is 0 Å². The molecule has 0 amide bonds. The summed E-state index contributed by atoms with van der Waals surface area (Å²) in [6.07, 6.45) is 0. The fourth-order valence-corrected chi connectivity index (χ4v) is 0.800. The first-order valence-corrected chi connectivity index (χ1v) is 3.49. The van der Waals surface area contributed by atoms with E-state index >= 15 is 0 Å². The standard InChI is InChI=1S/C5H9N3S/c1-2-9-5(8)4(7)3-6/h2,7-8H2,1H3. The van der Waals surface area contributed by atoms with Crippen LogP contribution in [0.3, 0.4) is 0 Å². The molecule has 0 aliphatic carbocycles. The van der Waals surface area contributed by atoms with Gasteiger partial charge in [-0.05, 0) is 5.75 Å². The molecule has 0 saturated heterocycles. The highest BCUT2D eigenvalue weighted by atomic mass is 32.2. The molecule has 0 radical (unpaired) electrons. The lowest BCUT2D eigenvalue weighted by molar-refractivity contribution is 1.32. The van der Waals surface area contributed by atoms with Gasteiger partial charge in [-0.2, -0.15) is 5.26 Å². The molecule has 0 aromatic rings. The second-order valence-electron chi connectivity index (χ2n) is 1.32. The van der Waals surface area contributed by atoms with E-state index < -0.39 is 0 Å². The molecule has 0 bridgehead atoms. The van der Waals surface area contributed by atoms with Gasteiger partial charge >= 0.3 is 0 Å². The smallest absolute Gasteiger partial charge is 0.140 e. The number of rotatable bonds is 2. The zero-order chi connectivity index (χ0) is 7.28. The predicted molar refractivity (Wildman–Crippen MR) is 39.1 cm³/mol. The zero-order valence-corrected chi connectivity index (χ0v) is 6.03. The molecule has 4 heteroatoms. The molecular formula is C5H9N3S. The molecule has 0 rings (SSSR count). The van der Waals surface area contributed by atoms with Gasteiger partial charge in [0.1, 0.15) is 11.8 Å². The number of thioether (sulfide) groups is 1. The number of nitrogens with two attached hydrogens (primary N) is 2. The molecule has 9 heavy (non-hydrogen) atoms. The lowest BCUT2D eigenvalue weighted by Gasteiger charge is -1.95. The van der Waals surface area contributed by atoms with Crippen LogP contribution < -0.4 is 11.5 Å². The van der Waals surface area contributed by atoms with Gasteiger partial charge in [0.05, 0.1) is 5.03 Å². The summed E-state index contributed by atoms with van der Waals surface area (Å²) >= 11 is 1.37. The molecule has 0 heterocycles. The Kier molecular flexibility index (Phi) is 3.72. The highest BCUT2D eigenvalue weighted by Gasteiger charge is 1.94. The monoisotopic (exact) mass is 143 g/mol. The van der Waals surface area contributed by atoms with Gasteiger partial charge in [0.15, 0.2) is 0 Å². The van der Waals surface area contributed by atoms with Crippen molar-refractivity contribution in [2.24, 2.45) is 11.5 Å². The maximum Gasteiger partial charge on any atom is 0.140 e. The quantitative estimate of drug-likeness (QED) is 0.547. The third-order valence-electron chi connectivity index (χ3n) is 0.686. The van der Waals surface area contributed by atoms with E-state index in [1.54, 1.807) is 6.07 Å². The number of nitriles is 1. The van der Waals surface area contributed by atoms with Gasteiger partial charge in [0.2, 0.25) is 0 Å². The molecule has 0 spiro atoms. The SMILES string of the molecule is CCSC(N)=C(N)C#N. The van der Waals surface area contributed by atoms with Crippen molar-refractivity contribution in [2.75, 3.05) is 5.75 Å². The molecule has 0 aromatic carbocycles. The van der Waals surface area contributed by atoms with Crippen molar-refractivity contribution in [3.63, 3.8) is 0 Å². The Bertz CT molecular complexity index is 156. The van der Waals surface area contributed by atoms with Crippen molar-refractivity contribution in [1.29, 1.82) is 5.26 Å². The van der Waals surface area contributed by atoms with Gasteiger partial charge < -0.3 is 11.5 Å². The number of allylic oxidation sites excluding steroid dienone is 1. The van der Waals surface area contributed by atoms with Crippen molar-refractivity contribution >= 4 is 11.8 Å². The number of nitrogens with zero attached hydrogens (tertiary/aromatic N) is 1. The van der Waals surface area contributed by atoms with Crippen molar-refractivity contribution in [3.8, 4) is 6.07 Å². The summed E-state index contributed by atoms with van der Waals surface area (Å²) in [5.74, 6) is 0.841. The summed E-state index contributed by atoms with van der Waals surface area (Å²) in [6, 6.07) is 1.76. The minimum absolute atomic E-state index is 0.113. The van der Waals surface area contributed by atoms with Gasteiger partial charge in [0, 0.05) is 0 Å². The van der Waals surface area contributed by atoms with E-state index in [0.29, 0.717) is 5.03 Å². The van der Waals surface area contributed by atoms with Crippen LogP contribution in [0.4, 0.5) is 0 Å². The predicted octanol–water partition coefficient (Wildman–Crippen LogP) is 0.350. The van der Waals surface area contributed by atoms with E-state index in [1.807, 2.05) is 6.92 Å². The van der Waals surface area contributed by atoms with Gasteiger partial charge in [-0.1, -0.05) is 6.92 Å². The molecule has 0 fully saturated rings. The Morgan fingerprint density at radius 2 is 2.22 bits per heavy atom. The van der Waals surface area contributed by atoms with E-state index in [1.165, 1.54) is 11.8 Å². The summed E-state index contributed by atoms with van der Waals surface area (Å²) in [4.78, 5) is 0. The second-order valence-corrected chi connectivity index (χ2v) is 2.63. The maximum atomic E-state index is 8.21. The molecule has 0 saturated carbocycles. The van der Waals surface area contributed by atoms with Crippen LogP contribution in [0, 0.1) is 11.3 Å². The fraction of sp³-hybridized carbons (Fsp3) is 0.400. The first kappa shape index (κ1) is 8.18. The first-order valence-electron chi connectivity index (χ1n) is 2.50. The summed E-state index contributed by atoms with van der Waals surface area (Å²) in [7, 11) is 0. The van der Waals surface area contributed by atoms with Crippen LogP contribution in [0.1, 0.15) is 6.92 Å². The topological polar surface area (TPSA) is 75.8 Å². The normalized spacial score (nSPS) is 12.0. The van der Waals surface area contributed by atoms with Crippen LogP contribution in [0.25, 0.3) is 0 Å². The van der Waals surface area contributed by atoms with Crippen molar-refractivity contribution < 1.29 is 0 Å². The Morgan fingerprint density at radius 3 is 2.56 bits per heavy atom. The summed E-state index contributed by atoms with van der Waals surface area (Å²) in [5.41, 5.74) is 10.6. The van der Waals surface area contributed by atoms with Gasteiger partial charge in [-0.3, -0.25) is 0 Å². The minimum Gasteiger partial charge on any atom is -0.391 e. The minimum atomic E-state index is 0.113. The van der Waals surface area contributed by atoms with E-state index in [-0.39, 0.29) is 5.70 Å². The van der Waals surface area contributed by atoms with Gasteiger partial charge in [0.25, 0.3) is 0 Å². The fourth-order valence-electron chi connectivity index (χ4n) is 0.288. The highest BCUT2D eigenvalue weighted by Crippen LogP contribution is 2.09. The molecule has 3 nitrogen and oxygen atoms in total. The molecule has 0 aliphatic heterocycles. The van der Waals surface area contributed by atoms with Crippen LogP contribution in [-0.2, 0) is 0 Å². The lowest BCUT2D eigenvalue weighted by atomic mass is 10.5. The second kappa shape index (κ2) is 4.10. The van der Waals surface area contributed by atoms with Crippen LogP contribution in [0.15, 0.2) is 10.7 Å². The van der Waals surface area contributed by atoms with Gasteiger partial charge in [-0.25, -0.2) is 0 Å². The largest absolute Gasteiger partial charge is 0.391 e. The van der Waals surface area contributed by atoms with Crippen LogP contribution in [0.2, 0.25) is 0 Å². The average molecular weight is 143 g/mol. The molecule has 50 valence electrons. The average Bonchev–Trinajstić information content (AvgIpc) is 1.87. The van der Waals surface area contributed by atoms with Crippen LogP contribution >= 0.6 is 11.8 Å². The van der Waals surface area contributed by atoms with Crippen molar-refractivity contribution in [3.05, 3.63) is 10.7 Å². The molecular weight excluding hydrogens is 134 g/mol. The summed E-state index contributed by atoms with van der Waals surface area (Å²) in [5, 5.41) is 8.62. The summed E-state index contributed by atoms with van der Waals surface area (Å²) < 4.78 is 0. The number of hydrogen-bond donors (Lipinski definition) is 2. The molecule has 0 aliphatic rings. The van der Waals surface area contributed by atoms with Crippen LogP contribution in [-0.4, -0.2) is 5.75 Å². The Morgan fingerprint density at radius 1 is 1.67 bits per heavy atom. The lowest BCUT2D eigenvalue weighted by Crippen LogP contribution is -2.04. The van der Waals surface area contributed by atoms with E-state index in [9.17, 15) is 0 Å². The molecule has 4 N–H and O–H groups in total. The molecule has 0 atom stereocenters. The van der Waals surface area contributed by atoms with E-state index in [0.717, 1.165) is 5.75 Å². The Labute approximate surface area is 58.7 Å². The highest BCUT2D eigenvalue weighted by molar-refractivity contribution is 8.03. The molecule has 0 aromatic heterocycles. The van der Waals surface area contributed by atoms with E-state index in [4.69, 9.17) is 16.7 Å². The number of hydrogen-bond acceptors (Lipinski definition) is 4. The first-order chi connectivity index (χ1) is 4.22.